The van der Waals surface area contributed by atoms with Crippen LogP contribution < -0.4 is 10.2 Å². The number of anilines is 2. The summed E-state index contributed by atoms with van der Waals surface area (Å²) < 4.78 is 15.4. The van der Waals surface area contributed by atoms with E-state index < -0.39 is 5.54 Å². The number of fused-ring (bicyclic) bond motifs is 1. The van der Waals surface area contributed by atoms with Gasteiger partial charge in [-0.25, -0.2) is 4.39 Å². The summed E-state index contributed by atoms with van der Waals surface area (Å²) in [6, 6.07) is 16.8. The first kappa shape index (κ1) is 22.7. The highest BCUT2D eigenvalue weighted by molar-refractivity contribution is 7.99. The molecule has 0 saturated carbocycles. The number of pyridine rings is 1. The zero-order valence-electron chi connectivity index (χ0n) is 19.0. The van der Waals surface area contributed by atoms with E-state index >= 15 is 0 Å². The Morgan fingerprint density at radius 2 is 1.74 bits per heavy atom. The third kappa shape index (κ3) is 4.17. The molecular weight excluding hydrogens is 467 g/mol. The number of rotatable bonds is 5. The Hall–Kier alpha value is -4.05. The first-order valence-electron chi connectivity index (χ1n) is 10.8. The van der Waals surface area contributed by atoms with Crippen LogP contribution in [0.25, 0.3) is 17.1 Å². The van der Waals surface area contributed by atoms with Crippen molar-refractivity contribution < 1.29 is 14.0 Å². The van der Waals surface area contributed by atoms with Crippen LogP contribution in [0, 0.1) is 5.82 Å². The van der Waals surface area contributed by atoms with Gasteiger partial charge < -0.3 is 5.32 Å². The van der Waals surface area contributed by atoms with E-state index in [0.717, 1.165) is 5.56 Å². The zero-order valence-corrected chi connectivity index (χ0v) is 19.8. The van der Waals surface area contributed by atoms with Gasteiger partial charge in [-0.2, -0.15) is 0 Å². The molecule has 35 heavy (non-hydrogen) atoms. The molecule has 2 amide bonds. The SMILES string of the molecule is CC1(C)C(=O)Nc2ccccc2N1C(=O)CSc1nnc(-c2ccncc2)n1-c1ccc(F)cc1. The second kappa shape index (κ2) is 8.95. The van der Waals surface area contributed by atoms with Gasteiger partial charge >= 0.3 is 0 Å². The van der Waals surface area contributed by atoms with Crippen molar-refractivity contribution in [1.29, 1.82) is 0 Å². The third-order valence-corrected chi connectivity index (χ3v) is 6.65. The molecule has 0 bridgehead atoms. The standard InChI is InChI=1S/C25H21FN6O2S/c1-25(2)23(34)28-19-5-3-4-6-20(19)32(25)21(33)15-35-24-30-29-22(16-11-13-27-14-12-16)31(24)18-9-7-17(26)8-10-18/h3-14H,15H2,1-2H3,(H,28,34). The summed E-state index contributed by atoms with van der Waals surface area (Å²) >= 11 is 1.20. The van der Waals surface area contributed by atoms with Gasteiger partial charge in [0.25, 0.3) is 0 Å². The van der Waals surface area contributed by atoms with Gasteiger partial charge in [0.15, 0.2) is 11.0 Å². The Bertz CT molecular complexity index is 1410. The normalized spacial score (nSPS) is 14.4. The first-order valence-corrected chi connectivity index (χ1v) is 11.8. The lowest BCUT2D eigenvalue weighted by molar-refractivity contribution is -0.125. The molecule has 1 N–H and O–H groups in total. The lowest BCUT2D eigenvalue weighted by Gasteiger charge is -2.42. The van der Waals surface area contributed by atoms with Gasteiger partial charge in [0.2, 0.25) is 11.8 Å². The molecule has 3 heterocycles. The highest BCUT2D eigenvalue weighted by Crippen LogP contribution is 2.37. The number of nitrogens with one attached hydrogen (secondary N) is 1. The molecule has 8 nitrogen and oxygen atoms in total. The molecule has 0 aliphatic carbocycles. The Kier molecular flexibility index (Phi) is 5.81. The van der Waals surface area contributed by atoms with Crippen LogP contribution in [0.15, 0.2) is 78.2 Å². The lowest BCUT2D eigenvalue weighted by Crippen LogP contribution is -2.59. The van der Waals surface area contributed by atoms with Gasteiger partial charge in [-0.15, -0.1) is 10.2 Å². The molecule has 0 atom stereocenters. The molecule has 0 saturated heterocycles. The Balaban J connectivity index is 1.48. The van der Waals surface area contributed by atoms with Crippen molar-refractivity contribution in [3.63, 3.8) is 0 Å². The number of amides is 2. The van der Waals surface area contributed by atoms with Gasteiger partial charge in [-0.05, 0) is 62.4 Å². The van der Waals surface area contributed by atoms with E-state index in [1.165, 1.54) is 28.8 Å². The van der Waals surface area contributed by atoms with E-state index in [1.54, 1.807) is 67.2 Å². The molecule has 2 aromatic carbocycles. The van der Waals surface area contributed by atoms with Crippen LogP contribution in [0.4, 0.5) is 15.8 Å². The monoisotopic (exact) mass is 488 g/mol. The van der Waals surface area contributed by atoms with E-state index in [9.17, 15) is 14.0 Å². The predicted octanol–water partition coefficient (Wildman–Crippen LogP) is 4.32. The molecule has 10 heteroatoms. The number of carbonyl (C=O) groups excluding carboxylic acids is 2. The maximum atomic E-state index is 13.6. The molecule has 4 aromatic rings. The summed E-state index contributed by atoms with van der Waals surface area (Å²) in [7, 11) is 0. The van der Waals surface area contributed by atoms with Crippen LogP contribution in [-0.4, -0.2) is 42.9 Å². The van der Waals surface area contributed by atoms with Crippen molar-refractivity contribution in [1.82, 2.24) is 19.7 Å². The average molecular weight is 489 g/mol. The largest absolute Gasteiger partial charge is 0.322 e. The fourth-order valence-electron chi connectivity index (χ4n) is 3.96. The van der Waals surface area contributed by atoms with Crippen molar-refractivity contribution in [2.75, 3.05) is 16.0 Å². The van der Waals surface area contributed by atoms with Crippen LogP contribution in [0.1, 0.15) is 13.8 Å². The van der Waals surface area contributed by atoms with Gasteiger partial charge in [0.05, 0.1) is 17.1 Å². The number of aromatic nitrogens is 4. The zero-order chi connectivity index (χ0) is 24.6. The van der Waals surface area contributed by atoms with Gasteiger partial charge in [-0.1, -0.05) is 23.9 Å². The molecule has 0 unspecified atom stereocenters. The molecule has 1 aliphatic heterocycles. The van der Waals surface area contributed by atoms with E-state index in [4.69, 9.17) is 0 Å². The molecule has 5 rings (SSSR count). The van der Waals surface area contributed by atoms with Gasteiger partial charge in [0.1, 0.15) is 11.4 Å². The summed E-state index contributed by atoms with van der Waals surface area (Å²) in [5, 5.41) is 12.0. The highest BCUT2D eigenvalue weighted by Gasteiger charge is 2.43. The van der Waals surface area contributed by atoms with Gasteiger partial charge in [-0.3, -0.25) is 24.0 Å². The number of nitrogens with zero attached hydrogens (tertiary/aromatic N) is 5. The van der Waals surface area contributed by atoms with Gasteiger partial charge in [0, 0.05) is 23.6 Å². The van der Waals surface area contributed by atoms with Crippen molar-refractivity contribution in [2.24, 2.45) is 0 Å². The second-order valence-corrected chi connectivity index (χ2v) is 9.34. The van der Waals surface area contributed by atoms with E-state index in [2.05, 4.69) is 20.5 Å². The lowest BCUT2D eigenvalue weighted by atomic mass is 9.96. The smallest absolute Gasteiger partial charge is 0.250 e. The van der Waals surface area contributed by atoms with E-state index in [0.29, 0.717) is 28.0 Å². The number of thioether (sulfide) groups is 1. The third-order valence-electron chi connectivity index (χ3n) is 5.74. The number of halogens is 1. The first-order chi connectivity index (χ1) is 16.9. The van der Waals surface area contributed by atoms with Crippen LogP contribution in [0.2, 0.25) is 0 Å². The molecule has 0 fully saturated rings. The van der Waals surface area contributed by atoms with Crippen molar-refractivity contribution in [3.05, 3.63) is 78.9 Å². The van der Waals surface area contributed by atoms with E-state index in [-0.39, 0.29) is 23.4 Å². The van der Waals surface area contributed by atoms with Crippen LogP contribution in [0.3, 0.4) is 0 Å². The number of hydrogen-bond acceptors (Lipinski definition) is 6. The molecule has 2 aromatic heterocycles. The second-order valence-electron chi connectivity index (χ2n) is 8.40. The Morgan fingerprint density at radius 3 is 2.49 bits per heavy atom. The van der Waals surface area contributed by atoms with E-state index in [1.807, 2.05) is 12.1 Å². The minimum absolute atomic E-state index is 0.0146. The minimum atomic E-state index is -1.07. The Morgan fingerprint density at radius 1 is 1.03 bits per heavy atom. The summed E-state index contributed by atoms with van der Waals surface area (Å²) in [6.07, 6.45) is 3.30. The topological polar surface area (TPSA) is 93.0 Å². The number of carbonyl (C=O) groups is 2. The van der Waals surface area contributed by atoms with Crippen LogP contribution in [0.5, 0.6) is 0 Å². The summed E-state index contributed by atoms with van der Waals surface area (Å²) in [6.45, 7) is 3.42. The maximum absolute atomic E-state index is 13.6. The Labute approximate surface area is 205 Å². The number of benzene rings is 2. The molecule has 176 valence electrons. The number of para-hydroxylation sites is 2. The summed E-state index contributed by atoms with van der Waals surface area (Å²) in [5.41, 5.74) is 1.59. The van der Waals surface area contributed by atoms with Crippen molar-refractivity contribution in [2.45, 2.75) is 24.5 Å². The van der Waals surface area contributed by atoms with Crippen molar-refractivity contribution >= 4 is 35.0 Å². The quantitative estimate of drug-likeness (QED) is 0.421. The van der Waals surface area contributed by atoms with Crippen LogP contribution in [-0.2, 0) is 9.59 Å². The fraction of sp³-hybridized carbons (Fsp3) is 0.160. The molecule has 1 aliphatic rings. The van der Waals surface area contributed by atoms with Crippen LogP contribution >= 0.6 is 11.8 Å². The molecular formula is C25H21FN6O2S. The molecule has 0 spiro atoms. The minimum Gasteiger partial charge on any atom is -0.322 e. The highest BCUT2D eigenvalue weighted by atomic mass is 32.2. The fourth-order valence-corrected chi connectivity index (χ4v) is 4.76. The predicted molar refractivity (Wildman–Crippen MR) is 132 cm³/mol. The summed E-state index contributed by atoms with van der Waals surface area (Å²) in [5.74, 6) is -0.316. The van der Waals surface area contributed by atoms with Crippen molar-refractivity contribution in [3.8, 4) is 17.1 Å². The molecule has 0 radical (unpaired) electrons. The number of hydrogen-bond donors (Lipinski definition) is 1. The summed E-state index contributed by atoms with van der Waals surface area (Å²) in [4.78, 5) is 31.8. The average Bonchev–Trinajstić information content (AvgIpc) is 3.28. The maximum Gasteiger partial charge on any atom is 0.250 e.